The molecule has 0 radical (unpaired) electrons. The Bertz CT molecular complexity index is 1280. The van der Waals surface area contributed by atoms with Gasteiger partial charge in [0.25, 0.3) is 0 Å². The predicted molar refractivity (Wildman–Crippen MR) is 133 cm³/mol. The third kappa shape index (κ3) is 5.43. The van der Waals surface area contributed by atoms with Crippen LogP contribution in [0.5, 0.6) is 0 Å². The van der Waals surface area contributed by atoms with Crippen LogP contribution in [0.1, 0.15) is 30.7 Å². The Morgan fingerprint density at radius 2 is 1.91 bits per heavy atom. The molecule has 0 aliphatic carbocycles. The Balaban J connectivity index is 1.47. The van der Waals surface area contributed by atoms with Gasteiger partial charge in [-0.25, -0.2) is 14.9 Å². The first-order valence-electron chi connectivity index (χ1n) is 10.7. The lowest BCUT2D eigenvalue weighted by Crippen LogP contribution is -2.23. The summed E-state index contributed by atoms with van der Waals surface area (Å²) in [5.41, 5.74) is 3.75. The number of aryl methyl sites for hydroxylation is 2. The van der Waals surface area contributed by atoms with E-state index in [1.54, 1.807) is 16.4 Å². The van der Waals surface area contributed by atoms with Crippen LogP contribution in [0.15, 0.2) is 69.9 Å². The number of hydrogen-bond acceptors (Lipinski definition) is 6. The fraction of sp³-hybridized carbons (Fsp3) is 0.250. The minimum atomic E-state index is -0.216. The molecule has 7 nitrogen and oxygen atoms in total. The number of aromatic amines is 1. The van der Waals surface area contributed by atoms with Crippen LogP contribution in [0.4, 0.5) is 10.8 Å². The molecule has 0 spiro atoms. The zero-order chi connectivity index (χ0) is 23.2. The second kappa shape index (κ2) is 10.6. The predicted octanol–water partition coefficient (Wildman–Crippen LogP) is 4.81. The van der Waals surface area contributed by atoms with E-state index in [9.17, 15) is 9.59 Å². The standard InChI is InChI=1S/C24H25N5O2S2/c1-3-19-11-7-8-12-21(19)29(17(2)30)23-25-20(15-32-23)16-33-24-27-26-22(31)28(24)14-13-18-9-5-4-6-10-18/h4-12,15H,3,13-14,16H2,1-2H3,(H,26,31). The third-order valence-electron chi connectivity index (χ3n) is 5.20. The van der Waals surface area contributed by atoms with Gasteiger partial charge in [0.2, 0.25) is 5.91 Å². The number of carbonyl (C=O) groups excluding carboxylic acids is 1. The molecule has 0 atom stereocenters. The number of amides is 1. The van der Waals surface area contributed by atoms with Crippen molar-refractivity contribution in [2.45, 2.75) is 44.1 Å². The van der Waals surface area contributed by atoms with Gasteiger partial charge in [0, 0.05) is 24.6 Å². The van der Waals surface area contributed by atoms with Gasteiger partial charge in [-0.15, -0.1) is 16.4 Å². The molecule has 2 heterocycles. The highest BCUT2D eigenvalue weighted by molar-refractivity contribution is 7.98. The molecular weight excluding hydrogens is 454 g/mol. The van der Waals surface area contributed by atoms with E-state index < -0.39 is 0 Å². The maximum atomic E-state index is 12.5. The van der Waals surface area contributed by atoms with Crippen molar-refractivity contribution in [3.8, 4) is 0 Å². The summed E-state index contributed by atoms with van der Waals surface area (Å²) in [5.74, 6) is 0.472. The highest BCUT2D eigenvalue weighted by Crippen LogP contribution is 2.33. The lowest BCUT2D eigenvalue weighted by Gasteiger charge is -2.20. The molecule has 0 fully saturated rings. The molecule has 0 aliphatic heterocycles. The number of nitrogens with one attached hydrogen (secondary N) is 1. The second-order valence-corrected chi connectivity index (χ2v) is 9.22. The monoisotopic (exact) mass is 479 g/mol. The van der Waals surface area contributed by atoms with E-state index in [2.05, 4.69) is 17.1 Å². The summed E-state index contributed by atoms with van der Waals surface area (Å²) in [6.07, 6.45) is 1.58. The molecule has 2 aromatic carbocycles. The number of carbonyl (C=O) groups is 1. The summed E-state index contributed by atoms with van der Waals surface area (Å²) in [7, 11) is 0. The van der Waals surface area contributed by atoms with E-state index >= 15 is 0 Å². The Labute approximate surface area is 200 Å². The highest BCUT2D eigenvalue weighted by Gasteiger charge is 2.20. The quantitative estimate of drug-likeness (QED) is 0.348. The van der Waals surface area contributed by atoms with Crippen LogP contribution < -0.4 is 10.6 Å². The van der Waals surface area contributed by atoms with Gasteiger partial charge >= 0.3 is 5.69 Å². The number of para-hydroxylation sites is 1. The summed E-state index contributed by atoms with van der Waals surface area (Å²) in [5, 5.41) is 9.95. The zero-order valence-corrected chi connectivity index (χ0v) is 20.2. The Hall–Kier alpha value is -3.17. The fourth-order valence-corrected chi connectivity index (χ4v) is 5.39. The topological polar surface area (TPSA) is 83.9 Å². The first kappa shape index (κ1) is 23.0. The number of thioether (sulfide) groups is 1. The minimum Gasteiger partial charge on any atom is -0.274 e. The van der Waals surface area contributed by atoms with E-state index in [4.69, 9.17) is 4.98 Å². The van der Waals surface area contributed by atoms with Gasteiger partial charge in [-0.3, -0.25) is 14.3 Å². The number of nitrogens with zero attached hydrogens (tertiary/aromatic N) is 4. The minimum absolute atomic E-state index is 0.0773. The van der Waals surface area contributed by atoms with Crippen LogP contribution in [0.2, 0.25) is 0 Å². The largest absolute Gasteiger partial charge is 0.343 e. The number of H-pyrrole nitrogens is 1. The lowest BCUT2D eigenvalue weighted by molar-refractivity contribution is -0.115. The zero-order valence-electron chi connectivity index (χ0n) is 18.5. The molecule has 0 saturated heterocycles. The molecule has 9 heteroatoms. The van der Waals surface area contributed by atoms with Crippen molar-refractivity contribution in [2.24, 2.45) is 0 Å². The SMILES string of the molecule is CCc1ccccc1N(C(C)=O)c1nc(CSc2n[nH]c(=O)n2CCc2ccccc2)cs1. The number of anilines is 2. The van der Waals surface area contributed by atoms with Crippen LogP contribution in [0.3, 0.4) is 0 Å². The van der Waals surface area contributed by atoms with Crippen molar-refractivity contribution < 1.29 is 4.79 Å². The molecule has 0 unspecified atom stereocenters. The summed E-state index contributed by atoms with van der Waals surface area (Å²) >= 11 is 2.89. The summed E-state index contributed by atoms with van der Waals surface area (Å²) in [4.78, 5) is 31.1. The van der Waals surface area contributed by atoms with Crippen LogP contribution in [-0.4, -0.2) is 25.7 Å². The van der Waals surface area contributed by atoms with E-state index in [0.717, 1.165) is 29.8 Å². The van der Waals surface area contributed by atoms with Crippen LogP contribution >= 0.6 is 23.1 Å². The molecule has 0 saturated carbocycles. The Morgan fingerprint density at radius 3 is 2.67 bits per heavy atom. The van der Waals surface area contributed by atoms with Crippen molar-refractivity contribution >= 4 is 39.8 Å². The van der Waals surface area contributed by atoms with E-state index in [1.807, 2.05) is 60.0 Å². The van der Waals surface area contributed by atoms with Gasteiger partial charge in [-0.2, -0.15) is 0 Å². The van der Waals surface area contributed by atoms with Gasteiger partial charge in [0.1, 0.15) is 0 Å². The summed E-state index contributed by atoms with van der Waals surface area (Å²) in [6.45, 7) is 4.18. The lowest BCUT2D eigenvalue weighted by atomic mass is 10.1. The second-order valence-electron chi connectivity index (χ2n) is 7.45. The number of thiazole rings is 1. The Kier molecular flexibility index (Phi) is 7.41. The van der Waals surface area contributed by atoms with Gasteiger partial charge in [0.05, 0.1) is 11.4 Å². The third-order valence-corrected chi connectivity index (χ3v) is 7.08. The summed E-state index contributed by atoms with van der Waals surface area (Å²) in [6, 6.07) is 17.9. The van der Waals surface area contributed by atoms with E-state index in [0.29, 0.717) is 22.6 Å². The van der Waals surface area contributed by atoms with Crippen molar-refractivity contribution in [2.75, 3.05) is 4.90 Å². The molecule has 4 aromatic rings. The average molecular weight is 480 g/mol. The highest BCUT2D eigenvalue weighted by atomic mass is 32.2. The van der Waals surface area contributed by atoms with E-state index in [1.165, 1.54) is 28.7 Å². The molecule has 0 bridgehead atoms. The Morgan fingerprint density at radius 1 is 1.15 bits per heavy atom. The molecular formula is C24H25N5O2S2. The summed E-state index contributed by atoms with van der Waals surface area (Å²) < 4.78 is 1.66. The van der Waals surface area contributed by atoms with Crippen molar-refractivity contribution in [1.82, 2.24) is 19.7 Å². The average Bonchev–Trinajstić information content (AvgIpc) is 3.43. The van der Waals surface area contributed by atoms with Crippen molar-refractivity contribution in [3.05, 3.63) is 87.3 Å². The van der Waals surface area contributed by atoms with Gasteiger partial charge in [-0.1, -0.05) is 67.2 Å². The van der Waals surface area contributed by atoms with Crippen LogP contribution in [-0.2, 0) is 29.9 Å². The molecule has 33 heavy (non-hydrogen) atoms. The van der Waals surface area contributed by atoms with Gasteiger partial charge in [0.15, 0.2) is 10.3 Å². The normalized spacial score (nSPS) is 11.0. The number of aromatic nitrogens is 4. The number of benzene rings is 2. The van der Waals surface area contributed by atoms with Crippen LogP contribution in [0, 0.1) is 0 Å². The van der Waals surface area contributed by atoms with E-state index in [-0.39, 0.29) is 11.6 Å². The van der Waals surface area contributed by atoms with Gasteiger partial charge in [-0.05, 0) is 30.0 Å². The molecule has 170 valence electrons. The molecule has 4 rings (SSSR count). The first-order valence-corrected chi connectivity index (χ1v) is 12.6. The fourth-order valence-electron chi connectivity index (χ4n) is 3.54. The maximum Gasteiger partial charge on any atom is 0.343 e. The molecule has 2 aromatic heterocycles. The molecule has 1 amide bonds. The van der Waals surface area contributed by atoms with Gasteiger partial charge < -0.3 is 0 Å². The van der Waals surface area contributed by atoms with Crippen molar-refractivity contribution in [3.63, 3.8) is 0 Å². The molecule has 0 aliphatic rings. The van der Waals surface area contributed by atoms with Crippen LogP contribution in [0.25, 0.3) is 0 Å². The smallest absolute Gasteiger partial charge is 0.274 e. The number of hydrogen-bond donors (Lipinski definition) is 1. The first-order chi connectivity index (χ1) is 16.1. The maximum absolute atomic E-state index is 12.5. The molecule has 1 N–H and O–H groups in total. The van der Waals surface area contributed by atoms with Crippen molar-refractivity contribution in [1.29, 1.82) is 0 Å². The number of rotatable bonds is 9.